The number of ether oxygens (including phenoxy) is 1. The highest BCUT2D eigenvalue weighted by molar-refractivity contribution is 7.89. The summed E-state index contributed by atoms with van der Waals surface area (Å²) in [5.74, 6) is -0.378. The number of amides is 2. The van der Waals surface area contributed by atoms with Crippen molar-refractivity contribution in [2.24, 2.45) is 0 Å². The number of hydrogen-bond acceptors (Lipinski definition) is 6. The van der Waals surface area contributed by atoms with Crippen molar-refractivity contribution in [2.75, 3.05) is 32.8 Å². The SMILES string of the molecule is CCOC(=O)N1CCN(C(=O)[C@H](Cc2ccc(C#N)cc2)NS(=O)(=O)c2ccc3ccccc3c2)CC1. The molecule has 1 aliphatic heterocycles. The number of nitrogens with zero attached hydrogens (tertiary/aromatic N) is 3. The van der Waals surface area contributed by atoms with Crippen LogP contribution in [0.25, 0.3) is 10.8 Å². The van der Waals surface area contributed by atoms with E-state index in [0.29, 0.717) is 24.2 Å². The number of carbonyl (C=O) groups is 2. The molecular formula is C27H28N4O5S. The number of carbonyl (C=O) groups excluding carboxylic acids is 2. The second-order valence-corrected chi connectivity index (χ2v) is 10.4. The van der Waals surface area contributed by atoms with E-state index in [1.165, 1.54) is 11.0 Å². The van der Waals surface area contributed by atoms with Crippen molar-refractivity contribution in [1.29, 1.82) is 5.26 Å². The predicted octanol–water partition coefficient (Wildman–Crippen LogP) is 2.90. The molecular weight excluding hydrogens is 492 g/mol. The van der Waals surface area contributed by atoms with Crippen LogP contribution in [0, 0.1) is 11.3 Å². The molecule has 0 saturated carbocycles. The molecule has 37 heavy (non-hydrogen) atoms. The summed E-state index contributed by atoms with van der Waals surface area (Å²) < 4.78 is 34.4. The Labute approximate surface area is 216 Å². The molecule has 1 heterocycles. The summed E-state index contributed by atoms with van der Waals surface area (Å²) >= 11 is 0. The lowest BCUT2D eigenvalue weighted by Gasteiger charge is -2.36. The van der Waals surface area contributed by atoms with Gasteiger partial charge in [0.2, 0.25) is 15.9 Å². The van der Waals surface area contributed by atoms with Crippen LogP contribution in [0.4, 0.5) is 4.79 Å². The molecule has 4 rings (SSSR count). The van der Waals surface area contributed by atoms with Gasteiger partial charge in [0.1, 0.15) is 6.04 Å². The molecule has 0 bridgehead atoms. The third-order valence-electron chi connectivity index (χ3n) is 6.27. The van der Waals surface area contributed by atoms with Gasteiger partial charge in [-0.1, -0.05) is 42.5 Å². The molecule has 0 unspecified atom stereocenters. The number of piperazine rings is 1. The number of fused-ring (bicyclic) bond motifs is 1. The molecule has 3 aromatic carbocycles. The largest absolute Gasteiger partial charge is 0.450 e. The van der Waals surface area contributed by atoms with Crippen LogP contribution >= 0.6 is 0 Å². The minimum Gasteiger partial charge on any atom is -0.450 e. The van der Waals surface area contributed by atoms with Crippen molar-refractivity contribution in [3.63, 3.8) is 0 Å². The van der Waals surface area contributed by atoms with Gasteiger partial charge in [0, 0.05) is 26.2 Å². The first-order valence-electron chi connectivity index (χ1n) is 12.0. The van der Waals surface area contributed by atoms with Gasteiger partial charge in [-0.15, -0.1) is 0 Å². The topological polar surface area (TPSA) is 120 Å². The van der Waals surface area contributed by atoms with E-state index in [1.54, 1.807) is 48.2 Å². The summed E-state index contributed by atoms with van der Waals surface area (Å²) in [6.07, 6.45) is -0.323. The van der Waals surface area contributed by atoms with Crippen LogP contribution in [0.1, 0.15) is 18.1 Å². The first-order chi connectivity index (χ1) is 17.8. The molecule has 0 aromatic heterocycles. The van der Waals surface area contributed by atoms with E-state index in [2.05, 4.69) is 4.72 Å². The first-order valence-corrected chi connectivity index (χ1v) is 13.5. The third kappa shape index (κ3) is 6.25. The lowest BCUT2D eigenvalue weighted by Crippen LogP contribution is -2.56. The van der Waals surface area contributed by atoms with Crippen LogP contribution < -0.4 is 4.72 Å². The van der Waals surface area contributed by atoms with Crippen molar-refractivity contribution in [3.05, 3.63) is 77.9 Å². The van der Waals surface area contributed by atoms with Crippen LogP contribution in [-0.4, -0.2) is 69.0 Å². The van der Waals surface area contributed by atoms with Crippen LogP contribution in [0.2, 0.25) is 0 Å². The van der Waals surface area contributed by atoms with Gasteiger partial charge in [0.15, 0.2) is 0 Å². The summed E-state index contributed by atoms with van der Waals surface area (Å²) in [7, 11) is -4.03. The Bertz CT molecular complexity index is 1430. The lowest BCUT2D eigenvalue weighted by atomic mass is 10.0. The van der Waals surface area contributed by atoms with Gasteiger partial charge in [-0.3, -0.25) is 4.79 Å². The molecule has 0 spiro atoms. The minimum absolute atomic E-state index is 0.0657. The normalized spacial score (nSPS) is 14.7. The van der Waals surface area contributed by atoms with Crippen molar-refractivity contribution in [1.82, 2.24) is 14.5 Å². The fraction of sp³-hybridized carbons (Fsp3) is 0.296. The molecule has 0 radical (unpaired) electrons. The van der Waals surface area contributed by atoms with Gasteiger partial charge in [-0.05, 0) is 53.9 Å². The maximum absolute atomic E-state index is 13.6. The first kappa shape index (κ1) is 26.1. The molecule has 1 N–H and O–H groups in total. The van der Waals surface area contributed by atoms with Crippen LogP contribution in [-0.2, 0) is 26.0 Å². The number of rotatable bonds is 7. The van der Waals surface area contributed by atoms with E-state index in [0.717, 1.165) is 10.8 Å². The summed E-state index contributed by atoms with van der Waals surface area (Å²) in [6, 6.07) is 19.9. The number of benzene rings is 3. The highest BCUT2D eigenvalue weighted by atomic mass is 32.2. The summed E-state index contributed by atoms with van der Waals surface area (Å²) in [5.41, 5.74) is 1.18. The van der Waals surface area contributed by atoms with Crippen molar-refractivity contribution >= 4 is 32.8 Å². The molecule has 0 aliphatic carbocycles. The van der Waals surface area contributed by atoms with E-state index in [4.69, 9.17) is 10.00 Å². The molecule has 1 saturated heterocycles. The Balaban J connectivity index is 1.56. The quantitative estimate of drug-likeness (QED) is 0.512. The molecule has 9 nitrogen and oxygen atoms in total. The highest BCUT2D eigenvalue weighted by Gasteiger charge is 2.32. The summed E-state index contributed by atoms with van der Waals surface area (Å²) in [5, 5.41) is 10.8. The Hall–Kier alpha value is -3.94. The average Bonchev–Trinajstić information content (AvgIpc) is 2.92. The van der Waals surface area contributed by atoms with Gasteiger partial charge in [0.05, 0.1) is 23.1 Å². The van der Waals surface area contributed by atoms with E-state index in [1.807, 2.05) is 30.3 Å². The molecule has 1 atom stereocenters. The Morgan fingerprint density at radius 3 is 2.27 bits per heavy atom. The Morgan fingerprint density at radius 2 is 1.62 bits per heavy atom. The fourth-order valence-corrected chi connectivity index (χ4v) is 5.49. The van der Waals surface area contributed by atoms with Crippen LogP contribution in [0.3, 0.4) is 0 Å². The third-order valence-corrected chi connectivity index (χ3v) is 7.74. The molecule has 10 heteroatoms. The van der Waals surface area contributed by atoms with Crippen molar-refractivity contribution in [3.8, 4) is 6.07 Å². The van der Waals surface area contributed by atoms with Crippen LogP contribution in [0.15, 0.2) is 71.6 Å². The standard InChI is InChI=1S/C27H28N4O5S/c1-2-36-27(33)31-15-13-30(14-16-31)26(32)25(17-20-7-9-21(19-28)10-8-20)29-37(34,35)24-12-11-22-5-3-4-6-23(22)18-24/h3-12,18,25,29H,2,13-17H2,1H3/t25-/m0/s1. The molecule has 3 aromatic rings. The number of nitriles is 1. The monoisotopic (exact) mass is 520 g/mol. The molecule has 1 aliphatic rings. The van der Waals surface area contributed by atoms with Gasteiger partial charge < -0.3 is 14.5 Å². The summed E-state index contributed by atoms with van der Waals surface area (Å²) in [6.45, 7) is 3.11. The van der Waals surface area contributed by atoms with Gasteiger partial charge in [-0.2, -0.15) is 9.98 Å². The van der Waals surface area contributed by atoms with Gasteiger partial charge in [-0.25, -0.2) is 13.2 Å². The molecule has 1 fully saturated rings. The fourth-order valence-electron chi connectivity index (χ4n) is 4.26. The van der Waals surface area contributed by atoms with Crippen molar-refractivity contribution in [2.45, 2.75) is 24.3 Å². The van der Waals surface area contributed by atoms with Gasteiger partial charge in [0.25, 0.3) is 0 Å². The highest BCUT2D eigenvalue weighted by Crippen LogP contribution is 2.20. The smallest absolute Gasteiger partial charge is 0.409 e. The van der Waals surface area contributed by atoms with E-state index in [9.17, 15) is 18.0 Å². The second kappa shape index (κ2) is 11.4. The van der Waals surface area contributed by atoms with Crippen LogP contribution in [0.5, 0.6) is 0 Å². The number of sulfonamides is 1. The van der Waals surface area contributed by atoms with E-state index >= 15 is 0 Å². The van der Waals surface area contributed by atoms with Crippen molar-refractivity contribution < 1.29 is 22.7 Å². The van der Waals surface area contributed by atoms with E-state index in [-0.39, 0.29) is 36.9 Å². The Morgan fingerprint density at radius 1 is 0.973 bits per heavy atom. The molecule has 192 valence electrons. The number of hydrogen-bond donors (Lipinski definition) is 1. The van der Waals surface area contributed by atoms with Gasteiger partial charge >= 0.3 is 6.09 Å². The Kier molecular flexibility index (Phi) is 8.06. The zero-order chi connectivity index (χ0) is 26.4. The zero-order valence-corrected chi connectivity index (χ0v) is 21.3. The predicted molar refractivity (Wildman–Crippen MR) is 138 cm³/mol. The maximum atomic E-state index is 13.6. The number of nitrogens with one attached hydrogen (secondary N) is 1. The lowest BCUT2D eigenvalue weighted by molar-refractivity contribution is -0.134. The average molecular weight is 521 g/mol. The molecule has 2 amide bonds. The zero-order valence-electron chi connectivity index (χ0n) is 20.5. The minimum atomic E-state index is -4.03. The van der Waals surface area contributed by atoms with E-state index < -0.39 is 22.2 Å². The second-order valence-electron chi connectivity index (χ2n) is 8.71. The maximum Gasteiger partial charge on any atom is 0.409 e. The summed E-state index contributed by atoms with van der Waals surface area (Å²) in [4.78, 5) is 28.7.